The molecule has 0 aromatic carbocycles. The summed E-state index contributed by atoms with van der Waals surface area (Å²) in [5.74, 6) is 3.27. The second-order valence-corrected chi connectivity index (χ2v) is 8.94. The molecule has 1 saturated heterocycles. The molecule has 3 aromatic rings. The minimum atomic E-state index is -0.124. The van der Waals surface area contributed by atoms with E-state index in [1.165, 1.54) is 6.42 Å². The number of pyridine rings is 2. The zero-order valence-electron chi connectivity index (χ0n) is 17.2. The van der Waals surface area contributed by atoms with Gasteiger partial charge < -0.3 is 16.0 Å². The molecule has 0 spiro atoms. The van der Waals surface area contributed by atoms with Gasteiger partial charge in [0.05, 0.1) is 24.3 Å². The van der Waals surface area contributed by atoms with Crippen LogP contribution >= 0.6 is 0 Å². The van der Waals surface area contributed by atoms with Crippen molar-refractivity contribution < 1.29 is 4.79 Å². The summed E-state index contributed by atoms with van der Waals surface area (Å²) in [7, 11) is 0. The zero-order valence-corrected chi connectivity index (χ0v) is 17.2. The van der Waals surface area contributed by atoms with E-state index in [0.717, 1.165) is 60.3 Å². The Balaban J connectivity index is 1.09. The van der Waals surface area contributed by atoms with Crippen LogP contribution in [0.1, 0.15) is 45.9 Å². The molecule has 2 unspecified atom stereocenters. The molecule has 158 valence electrons. The quantitative estimate of drug-likeness (QED) is 0.662. The number of piperidine rings is 1. The van der Waals surface area contributed by atoms with Crippen LogP contribution in [0.15, 0.2) is 43.0 Å². The molecule has 1 saturated carbocycles. The highest BCUT2D eigenvalue weighted by atomic mass is 16.1. The molecule has 3 aliphatic rings. The van der Waals surface area contributed by atoms with Crippen LogP contribution in [0.4, 0.5) is 11.6 Å². The maximum Gasteiger partial charge on any atom is 0.254 e. The monoisotopic (exact) mass is 415 g/mol. The Morgan fingerprint density at radius 3 is 2.84 bits per heavy atom. The zero-order chi connectivity index (χ0) is 20.9. The molecule has 2 fully saturated rings. The highest BCUT2D eigenvalue weighted by Gasteiger charge is 2.45. The molecular formula is C23H25N7O. The van der Waals surface area contributed by atoms with Gasteiger partial charge in [-0.25, -0.2) is 9.97 Å². The van der Waals surface area contributed by atoms with Crippen molar-refractivity contribution >= 4 is 17.5 Å². The number of hydrogen-bond donors (Lipinski definition) is 2. The molecule has 1 aliphatic heterocycles. The number of hydrogen-bond acceptors (Lipinski definition) is 6. The first-order valence-electron chi connectivity index (χ1n) is 10.9. The fraction of sp³-hybridized carbons (Fsp3) is 0.391. The molecule has 0 radical (unpaired) electrons. The third kappa shape index (κ3) is 3.41. The number of anilines is 2. The van der Waals surface area contributed by atoms with E-state index in [2.05, 4.69) is 37.4 Å². The second-order valence-electron chi connectivity index (χ2n) is 8.94. The van der Waals surface area contributed by atoms with Gasteiger partial charge in [-0.05, 0) is 59.9 Å². The molecule has 3 aromatic heterocycles. The van der Waals surface area contributed by atoms with Gasteiger partial charge in [0.15, 0.2) is 0 Å². The summed E-state index contributed by atoms with van der Waals surface area (Å²) in [6.45, 7) is 2.87. The summed E-state index contributed by atoms with van der Waals surface area (Å²) in [5, 5.41) is 7.48. The average molecular weight is 416 g/mol. The predicted molar refractivity (Wildman–Crippen MR) is 117 cm³/mol. The van der Waals surface area contributed by atoms with Crippen LogP contribution in [0.25, 0.3) is 0 Å². The first kappa shape index (κ1) is 18.4. The summed E-state index contributed by atoms with van der Waals surface area (Å²) in [6.07, 6.45) is 10.1. The van der Waals surface area contributed by atoms with E-state index in [4.69, 9.17) is 5.73 Å². The summed E-state index contributed by atoms with van der Waals surface area (Å²) in [4.78, 5) is 23.9. The van der Waals surface area contributed by atoms with Crippen LogP contribution in [0.5, 0.6) is 0 Å². The Morgan fingerprint density at radius 2 is 2.03 bits per heavy atom. The highest BCUT2D eigenvalue weighted by molar-refractivity contribution is 5.94. The maximum atomic E-state index is 12.8. The lowest BCUT2D eigenvalue weighted by Gasteiger charge is -2.18. The van der Waals surface area contributed by atoms with Crippen LogP contribution in [-0.2, 0) is 13.0 Å². The molecule has 2 aliphatic carbocycles. The van der Waals surface area contributed by atoms with Gasteiger partial charge in [0.25, 0.3) is 5.91 Å². The van der Waals surface area contributed by atoms with Gasteiger partial charge in [0, 0.05) is 31.7 Å². The van der Waals surface area contributed by atoms with E-state index < -0.39 is 0 Å². The molecular weight excluding hydrogens is 390 g/mol. The van der Waals surface area contributed by atoms with Gasteiger partial charge in [0.1, 0.15) is 11.6 Å². The number of nitrogens with zero attached hydrogens (tertiary/aromatic N) is 5. The second kappa shape index (κ2) is 7.08. The Morgan fingerprint density at radius 1 is 1.16 bits per heavy atom. The van der Waals surface area contributed by atoms with Gasteiger partial charge >= 0.3 is 0 Å². The Hall–Kier alpha value is -3.42. The number of aromatic nitrogens is 4. The van der Waals surface area contributed by atoms with Crippen LogP contribution < -0.4 is 16.0 Å². The van der Waals surface area contributed by atoms with Crippen molar-refractivity contribution in [2.45, 2.75) is 31.8 Å². The Labute approximate surface area is 180 Å². The van der Waals surface area contributed by atoms with Crippen LogP contribution in [0.2, 0.25) is 0 Å². The fourth-order valence-electron chi connectivity index (χ4n) is 5.00. The first-order valence-corrected chi connectivity index (χ1v) is 10.9. The first-order chi connectivity index (χ1) is 15.1. The smallest absolute Gasteiger partial charge is 0.254 e. The lowest BCUT2D eigenvalue weighted by Crippen LogP contribution is -2.26. The summed E-state index contributed by atoms with van der Waals surface area (Å²) in [5.41, 5.74) is 9.69. The minimum Gasteiger partial charge on any atom is -0.383 e. The maximum absolute atomic E-state index is 12.8. The standard InChI is InChI=1S/C23H25N7O/c24-22-19-2-3-20(18(19)5-6-25-22)28-23(31)17-9-27-30(13-17)10-14-1-4-21(26-8-14)29-11-15-7-16(15)12-29/h1,4-6,8-9,13,15-16,20H,2-3,7,10-12H2,(H2,24,25)(H,28,31)/t15?,16?,20-/m1/s1. The average Bonchev–Trinajstić information content (AvgIpc) is 3.16. The van der Waals surface area contributed by atoms with Crippen LogP contribution in [-0.4, -0.2) is 38.7 Å². The summed E-state index contributed by atoms with van der Waals surface area (Å²) >= 11 is 0. The van der Waals surface area contributed by atoms with E-state index in [1.54, 1.807) is 23.3 Å². The van der Waals surface area contributed by atoms with Crippen molar-refractivity contribution in [2.75, 3.05) is 23.7 Å². The number of carbonyl (C=O) groups excluding carboxylic acids is 1. The van der Waals surface area contributed by atoms with Crippen molar-refractivity contribution in [3.63, 3.8) is 0 Å². The largest absolute Gasteiger partial charge is 0.383 e. The minimum absolute atomic E-state index is 0.0375. The highest BCUT2D eigenvalue weighted by Crippen LogP contribution is 2.45. The molecule has 0 bridgehead atoms. The molecule has 3 atom stereocenters. The molecule has 8 nitrogen and oxygen atoms in total. The van der Waals surface area contributed by atoms with E-state index in [0.29, 0.717) is 17.9 Å². The molecule has 4 heterocycles. The van der Waals surface area contributed by atoms with Crippen molar-refractivity contribution in [1.29, 1.82) is 0 Å². The third-order valence-corrected chi connectivity index (χ3v) is 6.84. The van der Waals surface area contributed by atoms with Crippen molar-refractivity contribution in [3.8, 4) is 0 Å². The molecule has 1 amide bonds. The number of nitrogen functional groups attached to an aromatic ring is 1. The molecule has 6 rings (SSSR count). The predicted octanol–water partition coefficient (Wildman–Crippen LogP) is 2.18. The third-order valence-electron chi connectivity index (χ3n) is 6.84. The number of amides is 1. The van der Waals surface area contributed by atoms with Crippen molar-refractivity contribution in [1.82, 2.24) is 25.1 Å². The van der Waals surface area contributed by atoms with Crippen LogP contribution in [0, 0.1) is 11.8 Å². The van der Waals surface area contributed by atoms with Gasteiger partial charge in [0.2, 0.25) is 0 Å². The van der Waals surface area contributed by atoms with E-state index in [9.17, 15) is 4.79 Å². The van der Waals surface area contributed by atoms with Crippen molar-refractivity contribution in [3.05, 3.63) is 65.2 Å². The number of rotatable bonds is 5. The Bertz CT molecular complexity index is 1130. The van der Waals surface area contributed by atoms with Gasteiger partial charge in [-0.3, -0.25) is 9.48 Å². The Kier molecular flexibility index (Phi) is 4.19. The normalized spacial score (nSPS) is 23.5. The van der Waals surface area contributed by atoms with Gasteiger partial charge in [-0.2, -0.15) is 5.10 Å². The van der Waals surface area contributed by atoms with Gasteiger partial charge in [-0.15, -0.1) is 0 Å². The molecule has 8 heteroatoms. The van der Waals surface area contributed by atoms with Gasteiger partial charge in [-0.1, -0.05) is 6.07 Å². The SMILES string of the molecule is Nc1nccc2c1CC[C@H]2NC(=O)c1cnn(Cc2ccc(N3CC4CC4C3)nc2)c1. The number of carbonyl (C=O) groups is 1. The summed E-state index contributed by atoms with van der Waals surface area (Å²) in [6, 6.07) is 6.09. The molecule has 31 heavy (non-hydrogen) atoms. The number of nitrogens with two attached hydrogens (primary N) is 1. The lowest BCUT2D eigenvalue weighted by atomic mass is 10.1. The fourth-order valence-corrected chi connectivity index (χ4v) is 5.00. The summed E-state index contributed by atoms with van der Waals surface area (Å²) < 4.78 is 1.78. The van der Waals surface area contributed by atoms with Crippen molar-refractivity contribution in [2.24, 2.45) is 11.8 Å². The number of nitrogens with one attached hydrogen (secondary N) is 1. The van der Waals surface area contributed by atoms with Crippen LogP contribution in [0.3, 0.4) is 0 Å². The van der Waals surface area contributed by atoms with E-state index in [-0.39, 0.29) is 11.9 Å². The number of fused-ring (bicyclic) bond motifs is 2. The van der Waals surface area contributed by atoms with E-state index >= 15 is 0 Å². The topological polar surface area (TPSA) is 102 Å². The van der Waals surface area contributed by atoms with E-state index in [1.807, 2.05) is 12.3 Å². The molecule has 3 N–H and O–H groups in total. The lowest BCUT2D eigenvalue weighted by molar-refractivity contribution is 0.0936.